The van der Waals surface area contributed by atoms with E-state index in [1.165, 1.54) is 0 Å². The van der Waals surface area contributed by atoms with Crippen LogP contribution >= 0.6 is 0 Å². The van der Waals surface area contributed by atoms with Crippen molar-refractivity contribution in [2.24, 2.45) is 0 Å². The van der Waals surface area contributed by atoms with Crippen LogP contribution in [0.2, 0.25) is 0 Å². The van der Waals surface area contributed by atoms with Gasteiger partial charge in [0, 0.05) is 11.1 Å². The Kier molecular flexibility index (Phi) is 3.50. The highest BCUT2D eigenvalue weighted by atomic mass is 16.5. The van der Waals surface area contributed by atoms with E-state index in [1.54, 1.807) is 37.4 Å². The molecule has 2 aromatic carbocycles. The lowest BCUT2D eigenvalue weighted by molar-refractivity contribution is 0.102. The van der Waals surface area contributed by atoms with E-state index in [4.69, 9.17) is 10.00 Å². The molecule has 0 aliphatic heterocycles. The number of nitriles is 1. The van der Waals surface area contributed by atoms with Crippen LogP contribution in [0.1, 0.15) is 16.1 Å². The van der Waals surface area contributed by atoms with Gasteiger partial charge in [0.05, 0.1) is 24.3 Å². The van der Waals surface area contributed by atoms with Gasteiger partial charge >= 0.3 is 0 Å². The number of H-pyrrole nitrogens is 1. The van der Waals surface area contributed by atoms with Crippen LogP contribution in [0.3, 0.4) is 0 Å². The predicted molar refractivity (Wildman–Crippen MR) is 84.0 cm³/mol. The van der Waals surface area contributed by atoms with Crippen LogP contribution in [0.15, 0.2) is 48.5 Å². The zero-order valence-corrected chi connectivity index (χ0v) is 11.9. The number of benzene rings is 2. The Labute approximate surface area is 127 Å². The summed E-state index contributed by atoms with van der Waals surface area (Å²) in [5.74, 6) is 0.413. The van der Waals surface area contributed by atoms with Crippen LogP contribution in [0.5, 0.6) is 5.75 Å². The molecule has 3 rings (SSSR count). The zero-order chi connectivity index (χ0) is 15.5. The predicted octanol–water partition coefficient (Wildman–Crippen LogP) is 3.30. The zero-order valence-electron chi connectivity index (χ0n) is 11.9. The second kappa shape index (κ2) is 5.62. The minimum atomic E-state index is -0.270. The maximum absolute atomic E-state index is 12.3. The van der Waals surface area contributed by atoms with Crippen molar-refractivity contribution in [3.05, 3.63) is 59.8 Å². The molecule has 1 aromatic heterocycles. The van der Waals surface area contributed by atoms with Gasteiger partial charge in [-0.2, -0.15) is 5.26 Å². The number of aromatic amines is 1. The molecule has 1 heterocycles. The molecule has 0 aliphatic carbocycles. The smallest absolute Gasteiger partial charge is 0.272 e. The van der Waals surface area contributed by atoms with E-state index >= 15 is 0 Å². The number of hydrogen-bond donors (Lipinski definition) is 2. The van der Waals surface area contributed by atoms with Crippen molar-refractivity contribution >= 4 is 22.5 Å². The van der Waals surface area contributed by atoms with E-state index in [0.717, 1.165) is 10.9 Å². The van der Waals surface area contributed by atoms with E-state index in [0.29, 0.717) is 22.7 Å². The molecule has 0 radical (unpaired) electrons. The highest BCUT2D eigenvalue weighted by Gasteiger charge is 2.12. The molecule has 5 heteroatoms. The normalized spacial score (nSPS) is 10.2. The molecule has 0 aliphatic rings. The monoisotopic (exact) mass is 291 g/mol. The second-order valence-electron chi connectivity index (χ2n) is 4.75. The highest BCUT2D eigenvalue weighted by Crippen LogP contribution is 2.25. The quantitative estimate of drug-likeness (QED) is 0.777. The summed E-state index contributed by atoms with van der Waals surface area (Å²) >= 11 is 0. The summed E-state index contributed by atoms with van der Waals surface area (Å²) in [6, 6.07) is 16.2. The fourth-order valence-corrected chi connectivity index (χ4v) is 2.29. The molecule has 0 spiro atoms. The fourth-order valence-electron chi connectivity index (χ4n) is 2.29. The number of para-hydroxylation sites is 1. The van der Waals surface area contributed by atoms with Crippen molar-refractivity contribution in [1.29, 1.82) is 5.26 Å². The molecule has 22 heavy (non-hydrogen) atoms. The topological polar surface area (TPSA) is 77.9 Å². The number of carbonyl (C=O) groups excluding carboxylic acids is 1. The number of hydrogen-bond acceptors (Lipinski definition) is 3. The van der Waals surface area contributed by atoms with Gasteiger partial charge in [-0.25, -0.2) is 0 Å². The molecule has 2 N–H and O–H groups in total. The summed E-state index contributed by atoms with van der Waals surface area (Å²) in [4.78, 5) is 15.4. The molecular formula is C17H13N3O2. The summed E-state index contributed by atoms with van der Waals surface area (Å²) in [6.07, 6.45) is 0. The van der Waals surface area contributed by atoms with Crippen molar-refractivity contribution < 1.29 is 9.53 Å². The molecule has 0 bridgehead atoms. The van der Waals surface area contributed by atoms with Gasteiger partial charge in [-0.1, -0.05) is 18.2 Å². The highest BCUT2D eigenvalue weighted by molar-refractivity contribution is 6.06. The molecule has 108 valence electrons. The molecule has 5 nitrogen and oxygen atoms in total. The number of amides is 1. The van der Waals surface area contributed by atoms with Crippen LogP contribution in [0, 0.1) is 11.3 Å². The van der Waals surface area contributed by atoms with Crippen LogP contribution in [0.25, 0.3) is 10.9 Å². The van der Waals surface area contributed by atoms with Gasteiger partial charge in [0.15, 0.2) is 0 Å². The first-order valence-corrected chi connectivity index (χ1v) is 6.68. The van der Waals surface area contributed by atoms with Crippen LogP contribution in [0.4, 0.5) is 5.69 Å². The summed E-state index contributed by atoms with van der Waals surface area (Å²) in [5, 5.41) is 12.6. The summed E-state index contributed by atoms with van der Waals surface area (Å²) < 4.78 is 5.27. The van der Waals surface area contributed by atoms with Crippen molar-refractivity contribution in [3.63, 3.8) is 0 Å². The van der Waals surface area contributed by atoms with E-state index in [2.05, 4.69) is 10.3 Å². The maximum Gasteiger partial charge on any atom is 0.272 e. The van der Waals surface area contributed by atoms with Crippen LogP contribution in [-0.2, 0) is 0 Å². The largest absolute Gasteiger partial charge is 0.495 e. The van der Waals surface area contributed by atoms with E-state index in [1.807, 2.05) is 24.3 Å². The van der Waals surface area contributed by atoms with Crippen molar-refractivity contribution in [1.82, 2.24) is 4.98 Å². The average Bonchev–Trinajstić information content (AvgIpc) is 2.99. The molecule has 0 unspecified atom stereocenters. The third kappa shape index (κ3) is 2.50. The van der Waals surface area contributed by atoms with Gasteiger partial charge in [-0.3, -0.25) is 4.79 Å². The first-order chi connectivity index (χ1) is 10.7. The molecular weight excluding hydrogens is 278 g/mol. The Hall–Kier alpha value is -3.26. The summed E-state index contributed by atoms with van der Waals surface area (Å²) in [6.45, 7) is 0. The lowest BCUT2D eigenvalue weighted by Gasteiger charge is -2.03. The third-order valence-corrected chi connectivity index (χ3v) is 3.33. The van der Waals surface area contributed by atoms with Gasteiger partial charge in [0.2, 0.25) is 0 Å². The summed E-state index contributed by atoms with van der Waals surface area (Å²) in [5.41, 5.74) is 2.29. The van der Waals surface area contributed by atoms with Crippen molar-refractivity contribution in [2.75, 3.05) is 12.4 Å². The first kappa shape index (κ1) is 13.7. The number of carbonyl (C=O) groups is 1. The summed E-state index contributed by atoms with van der Waals surface area (Å²) in [7, 11) is 1.59. The van der Waals surface area contributed by atoms with E-state index in [-0.39, 0.29) is 5.91 Å². The lowest BCUT2D eigenvalue weighted by atomic mass is 10.2. The molecule has 0 fully saturated rings. The van der Waals surface area contributed by atoms with Crippen LogP contribution in [-0.4, -0.2) is 18.0 Å². The van der Waals surface area contributed by atoms with Gasteiger partial charge < -0.3 is 15.0 Å². The van der Waals surface area contributed by atoms with Gasteiger partial charge in [0.25, 0.3) is 5.91 Å². The Bertz CT molecular complexity index is 890. The van der Waals surface area contributed by atoms with Crippen LogP contribution < -0.4 is 10.1 Å². The van der Waals surface area contributed by atoms with E-state index < -0.39 is 0 Å². The Morgan fingerprint density at radius 3 is 2.82 bits per heavy atom. The number of aromatic nitrogens is 1. The standard InChI is InChI=1S/C17H13N3O2/c1-22-15-7-3-5-12-9-14(20-16(12)15)17(21)19-13-6-2-4-11(8-13)10-18/h2-9,20H,1H3,(H,19,21). The van der Waals surface area contributed by atoms with Crippen molar-refractivity contribution in [3.8, 4) is 11.8 Å². The third-order valence-electron chi connectivity index (χ3n) is 3.33. The molecule has 0 saturated carbocycles. The molecule has 3 aromatic rings. The number of methoxy groups -OCH3 is 1. The van der Waals surface area contributed by atoms with E-state index in [9.17, 15) is 4.79 Å². The molecule has 0 saturated heterocycles. The number of rotatable bonds is 3. The number of nitrogens with one attached hydrogen (secondary N) is 2. The van der Waals surface area contributed by atoms with Crippen molar-refractivity contribution in [2.45, 2.75) is 0 Å². The average molecular weight is 291 g/mol. The first-order valence-electron chi connectivity index (χ1n) is 6.68. The minimum Gasteiger partial charge on any atom is -0.495 e. The number of anilines is 1. The Balaban J connectivity index is 1.90. The number of nitrogens with zero attached hydrogens (tertiary/aromatic N) is 1. The fraction of sp³-hybridized carbons (Fsp3) is 0.0588. The number of ether oxygens (including phenoxy) is 1. The number of fused-ring (bicyclic) bond motifs is 1. The minimum absolute atomic E-state index is 0.270. The molecule has 1 amide bonds. The van der Waals surface area contributed by atoms with Gasteiger partial charge in [-0.15, -0.1) is 0 Å². The second-order valence-corrected chi connectivity index (χ2v) is 4.75. The molecule has 0 atom stereocenters. The Morgan fingerprint density at radius 2 is 2.05 bits per heavy atom. The Morgan fingerprint density at radius 1 is 1.23 bits per heavy atom. The lowest BCUT2D eigenvalue weighted by Crippen LogP contribution is -2.12. The van der Waals surface area contributed by atoms with Gasteiger partial charge in [0.1, 0.15) is 11.4 Å². The van der Waals surface area contributed by atoms with Gasteiger partial charge in [-0.05, 0) is 30.3 Å². The maximum atomic E-state index is 12.3. The SMILES string of the molecule is COc1cccc2cc(C(=O)Nc3cccc(C#N)c3)[nH]c12.